The van der Waals surface area contributed by atoms with Crippen LogP contribution in [0.5, 0.6) is 0 Å². The highest BCUT2D eigenvalue weighted by molar-refractivity contribution is 8.00. The number of hydrogen-bond donors (Lipinski definition) is 1. The van der Waals surface area contributed by atoms with Gasteiger partial charge in [-0.25, -0.2) is 0 Å². The van der Waals surface area contributed by atoms with E-state index in [-0.39, 0.29) is 18.1 Å². The second-order valence-corrected chi connectivity index (χ2v) is 6.08. The van der Waals surface area contributed by atoms with Gasteiger partial charge >= 0.3 is 5.97 Å². The van der Waals surface area contributed by atoms with E-state index in [0.29, 0.717) is 5.25 Å². The summed E-state index contributed by atoms with van der Waals surface area (Å²) in [6, 6.07) is 8.47. The molecule has 3 atom stereocenters. The Morgan fingerprint density at radius 3 is 2.67 bits per heavy atom. The first-order chi connectivity index (χ1) is 8.61. The lowest BCUT2D eigenvalue weighted by Crippen LogP contribution is -2.48. The number of hydrogen-bond acceptors (Lipinski definition) is 4. The Kier molecular flexibility index (Phi) is 4.30. The number of nitrogens with one attached hydrogen (secondary N) is 1. The van der Waals surface area contributed by atoms with Gasteiger partial charge in [0.2, 0.25) is 0 Å². The Hall–Kier alpha value is -1.00. The maximum Gasteiger partial charge on any atom is 0.323 e. The highest BCUT2D eigenvalue weighted by atomic mass is 32.2. The molecule has 0 aromatic heterocycles. The van der Waals surface area contributed by atoms with Gasteiger partial charge in [0.05, 0.1) is 7.11 Å². The average Bonchev–Trinajstić information content (AvgIpc) is 2.39. The monoisotopic (exact) mass is 265 g/mol. The third-order valence-corrected chi connectivity index (χ3v) is 4.62. The zero-order valence-corrected chi connectivity index (χ0v) is 11.8. The standard InChI is InChI=1S/C14H19NO2S/c1-9-4-6-11(7-5-9)13-10(2)18-8-12(15-13)14(16)17-3/h4-7,10,12-13,15H,8H2,1-3H3. The van der Waals surface area contributed by atoms with E-state index in [1.165, 1.54) is 18.2 Å². The molecule has 1 aromatic rings. The molecule has 1 aliphatic rings. The highest BCUT2D eigenvalue weighted by Crippen LogP contribution is 2.32. The fourth-order valence-electron chi connectivity index (χ4n) is 2.16. The molecule has 3 nitrogen and oxygen atoms in total. The molecule has 0 spiro atoms. The third-order valence-electron chi connectivity index (χ3n) is 3.30. The third kappa shape index (κ3) is 2.87. The molecular formula is C14H19NO2S. The van der Waals surface area contributed by atoms with Crippen LogP contribution in [0.2, 0.25) is 0 Å². The molecule has 1 aliphatic heterocycles. The van der Waals surface area contributed by atoms with Gasteiger partial charge in [-0.3, -0.25) is 10.1 Å². The Morgan fingerprint density at radius 2 is 2.06 bits per heavy atom. The van der Waals surface area contributed by atoms with Crippen LogP contribution in [0, 0.1) is 6.92 Å². The van der Waals surface area contributed by atoms with Gasteiger partial charge in [-0.2, -0.15) is 11.8 Å². The van der Waals surface area contributed by atoms with Crippen molar-refractivity contribution in [3.63, 3.8) is 0 Å². The Morgan fingerprint density at radius 1 is 1.39 bits per heavy atom. The summed E-state index contributed by atoms with van der Waals surface area (Å²) in [6.45, 7) is 4.27. The maximum absolute atomic E-state index is 11.6. The van der Waals surface area contributed by atoms with Crippen LogP contribution in [-0.2, 0) is 9.53 Å². The van der Waals surface area contributed by atoms with Gasteiger partial charge in [-0.05, 0) is 12.5 Å². The molecule has 98 valence electrons. The summed E-state index contributed by atoms with van der Waals surface area (Å²) in [7, 11) is 1.44. The fourth-order valence-corrected chi connectivity index (χ4v) is 3.32. The highest BCUT2D eigenvalue weighted by Gasteiger charge is 2.32. The van der Waals surface area contributed by atoms with Crippen molar-refractivity contribution in [2.24, 2.45) is 0 Å². The number of thioether (sulfide) groups is 1. The lowest BCUT2D eigenvalue weighted by atomic mass is 10.0. The quantitative estimate of drug-likeness (QED) is 0.833. The summed E-state index contributed by atoms with van der Waals surface area (Å²) in [5, 5.41) is 3.85. The first-order valence-electron chi connectivity index (χ1n) is 6.14. The van der Waals surface area contributed by atoms with E-state index in [0.717, 1.165) is 5.75 Å². The van der Waals surface area contributed by atoms with Gasteiger partial charge in [0.1, 0.15) is 6.04 Å². The molecule has 1 heterocycles. The Balaban J connectivity index is 2.14. The lowest BCUT2D eigenvalue weighted by Gasteiger charge is -2.34. The number of rotatable bonds is 2. The Bertz CT molecular complexity index is 418. The van der Waals surface area contributed by atoms with Crippen molar-refractivity contribution in [1.29, 1.82) is 0 Å². The fraction of sp³-hybridized carbons (Fsp3) is 0.500. The van der Waals surface area contributed by atoms with E-state index in [1.807, 2.05) is 11.8 Å². The van der Waals surface area contributed by atoms with Crippen LogP contribution in [0.1, 0.15) is 24.1 Å². The van der Waals surface area contributed by atoms with E-state index < -0.39 is 0 Å². The van der Waals surface area contributed by atoms with Crippen LogP contribution in [-0.4, -0.2) is 30.1 Å². The SMILES string of the molecule is COC(=O)C1CSC(C)C(c2ccc(C)cc2)N1. The number of carbonyl (C=O) groups excluding carboxylic acids is 1. The molecule has 4 heteroatoms. The van der Waals surface area contributed by atoms with Gasteiger partial charge in [-0.15, -0.1) is 0 Å². The first-order valence-corrected chi connectivity index (χ1v) is 7.18. The van der Waals surface area contributed by atoms with E-state index in [1.54, 1.807) is 0 Å². The van der Waals surface area contributed by atoms with Crippen molar-refractivity contribution >= 4 is 17.7 Å². The van der Waals surface area contributed by atoms with Gasteiger partial charge in [0, 0.05) is 17.0 Å². The molecule has 1 N–H and O–H groups in total. The van der Waals surface area contributed by atoms with Crippen molar-refractivity contribution in [3.05, 3.63) is 35.4 Å². The average molecular weight is 265 g/mol. The van der Waals surface area contributed by atoms with E-state index in [4.69, 9.17) is 4.74 Å². The maximum atomic E-state index is 11.6. The van der Waals surface area contributed by atoms with E-state index in [9.17, 15) is 4.79 Å². The number of esters is 1. The topological polar surface area (TPSA) is 38.3 Å². The smallest absolute Gasteiger partial charge is 0.323 e. The second-order valence-electron chi connectivity index (χ2n) is 4.67. The number of carbonyl (C=O) groups is 1. The number of aryl methyl sites for hydroxylation is 1. The lowest BCUT2D eigenvalue weighted by molar-refractivity contribution is -0.142. The summed E-state index contributed by atoms with van der Waals surface area (Å²) in [5.41, 5.74) is 2.48. The molecule has 18 heavy (non-hydrogen) atoms. The zero-order chi connectivity index (χ0) is 13.1. The minimum Gasteiger partial charge on any atom is -0.468 e. The van der Waals surface area contributed by atoms with Crippen LogP contribution >= 0.6 is 11.8 Å². The molecule has 0 aliphatic carbocycles. The summed E-state index contributed by atoms with van der Waals surface area (Å²) in [4.78, 5) is 11.6. The molecule has 1 aromatic carbocycles. The molecule has 2 rings (SSSR count). The van der Waals surface area contributed by atoms with Crippen LogP contribution < -0.4 is 5.32 Å². The number of ether oxygens (including phenoxy) is 1. The zero-order valence-electron chi connectivity index (χ0n) is 11.0. The Labute approximate surface area is 112 Å². The van der Waals surface area contributed by atoms with Crippen LogP contribution in [0.25, 0.3) is 0 Å². The van der Waals surface area contributed by atoms with Crippen LogP contribution in [0.4, 0.5) is 0 Å². The van der Waals surface area contributed by atoms with Crippen molar-refractivity contribution in [1.82, 2.24) is 5.32 Å². The molecule has 0 saturated carbocycles. The summed E-state index contributed by atoms with van der Waals surface area (Å²) in [5.74, 6) is 0.599. The van der Waals surface area contributed by atoms with Gasteiger partial charge < -0.3 is 4.74 Å². The van der Waals surface area contributed by atoms with Gasteiger partial charge in [0.15, 0.2) is 0 Å². The molecular weight excluding hydrogens is 246 g/mol. The normalized spacial score (nSPS) is 27.8. The second kappa shape index (κ2) is 5.76. The van der Waals surface area contributed by atoms with E-state index >= 15 is 0 Å². The largest absolute Gasteiger partial charge is 0.468 e. The molecule has 3 unspecified atom stereocenters. The summed E-state index contributed by atoms with van der Waals surface area (Å²) < 4.78 is 4.81. The van der Waals surface area contributed by atoms with E-state index in [2.05, 4.69) is 43.4 Å². The number of benzene rings is 1. The van der Waals surface area contributed by atoms with Crippen molar-refractivity contribution in [2.75, 3.05) is 12.9 Å². The van der Waals surface area contributed by atoms with Crippen molar-refractivity contribution < 1.29 is 9.53 Å². The molecule has 1 fully saturated rings. The van der Waals surface area contributed by atoms with Crippen molar-refractivity contribution in [2.45, 2.75) is 31.2 Å². The first kappa shape index (κ1) is 13.4. The predicted octanol–water partition coefficient (Wildman–Crippen LogP) is 2.30. The summed E-state index contributed by atoms with van der Waals surface area (Å²) >= 11 is 1.81. The minimum absolute atomic E-state index is 0.175. The van der Waals surface area contributed by atoms with Gasteiger partial charge in [-0.1, -0.05) is 36.8 Å². The van der Waals surface area contributed by atoms with Crippen LogP contribution in [0.3, 0.4) is 0 Å². The molecule has 0 amide bonds. The van der Waals surface area contributed by atoms with Crippen LogP contribution in [0.15, 0.2) is 24.3 Å². The predicted molar refractivity (Wildman–Crippen MR) is 74.8 cm³/mol. The summed E-state index contributed by atoms with van der Waals surface area (Å²) in [6.07, 6.45) is 0. The van der Waals surface area contributed by atoms with Crippen molar-refractivity contribution in [3.8, 4) is 0 Å². The molecule has 0 radical (unpaired) electrons. The van der Waals surface area contributed by atoms with Gasteiger partial charge in [0.25, 0.3) is 0 Å². The molecule has 0 bridgehead atoms. The molecule has 1 saturated heterocycles. The minimum atomic E-state index is -0.206. The number of methoxy groups -OCH3 is 1.